The Labute approximate surface area is 266 Å². The number of carbonyl (C=O) groups is 1. The molecule has 0 aliphatic rings. The van der Waals surface area contributed by atoms with E-state index in [1.165, 1.54) is 6.08 Å². The van der Waals surface area contributed by atoms with E-state index in [2.05, 4.69) is 43.8 Å². The lowest BCUT2D eigenvalue weighted by Crippen LogP contribution is -2.13. The number of amides is 1. The predicted octanol–water partition coefficient (Wildman–Crippen LogP) is 8.81. The molecule has 0 saturated heterocycles. The van der Waals surface area contributed by atoms with Gasteiger partial charge in [-0.05, 0) is 113 Å². The van der Waals surface area contributed by atoms with Crippen molar-refractivity contribution in [3.63, 3.8) is 0 Å². The highest BCUT2D eigenvalue weighted by Crippen LogP contribution is 2.35. The summed E-state index contributed by atoms with van der Waals surface area (Å²) in [6.07, 6.45) is 1.53. The number of nitrogens with one attached hydrogen (secondary N) is 1. The summed E-state index contributed by atoms with van der Waals surface area (Å²) in [5.74, 6) is 1.26. The molecular formula is C32H25BrClIN2O4. The van der Waals surface area contributed by atoms with Gasteiger partial charge in [-0.3, -0.25) is 4.79 Å². The molecule has 4 rings (SSSR count). The molecule has 0 unspecified atom stereocenters. The van der Waals surface area contributed by atoms with E-state index >= 15 is 0 Å². The van der Waals surface area contributed by atoms with Crippen LogP contribution in [0.1, 0.15) is 23.6 Å². The van der Waals surface area contributed by atoms with Crippen LogP contribution in [0.5, 0.6) is 17.2 Å². The normalized spacial score (nSPS) is 11.0. The molecule has 0 heterocycles. The quantitative estimate of drug-likeness (QED) is 0.0944. The van der Waals surface area contributed by atoms with Crippen LogP contribution in [-0.4, -0.2) is 12.5 Å². The van der Waals surface area contributed by atoms with Gasteiger partial charge in [0.05, 0.1) is 10.2 Å². The Balaban J connectivity index is 1.43. The molecule has 1 N–H and O–H groups in total. The highest BCUT2D eigenvalue weighted by molar-refractivity contribution is 14.1. The Morgan fingerprint density at radius 2 is 1.59 bits per heavy atom. The molecule has 41 heavy (non-hydrogen) atoms. The lowest BCUT2D eigenvalue weighted by molar-refractivity contribution is -0.112. The zero-order valence-corrected chi connectivity index (χ0v) is 26.5. The van der Waals surface area contributed by atoms with Crippen LogP contribution in [-0.2, 0) is 18.0 Å². The van der Waals surface area contributed by atoms with Gasteiger partial charge in [0.15, 0.2) is 11.5 Å². The molecule has 0 atom stereocenters. The van der Waals surface area contributed by atoms with E-state index in [0.29, 0.717) is 53.3 Å². The summed E-state index contributed by atoms with van der Waals surface area (Å²) in [6.45, 7) is 3.06. The fourth-order valence-electron chi connectivity index (χ4n) is 3.71. The number of nitrogens with zero attached hydrogens (tertiary/aromatic N) is 1. The van der Waals surface area contributed by atoms with E-state index < -0.39 is 5.91 Å². The van der Waals surface area contributed by atoms with Crippen molar-refractivity contribution in [3.8, 4) is 23.3 Å². The summed E-state index contributed by atoms with van der Waals surface area (Å²) < 4.78 is 19.5. The van der Waals surface area contributed by atoms with Crippen LogP contribution >= 0.6 is 50.1 Å². The molecule has 9 heteroatoms. The van der Waals surface area contributed by atoms with Crippen LogP contribution < -0.4 is 19.5 Å². The van der Waals surface area contributed by atoms with E-state index in [9.17, 15) is 10.1 Å². The van der Waals surface area contributed by atoms with Gasteiger partial charge in [-0.1, -0.05) is 51.8 Å². The fourth-order valence-corrected chi connectivity index (χ4v) is 4.88. The van der Waals surface area contributed by atoms with Gasteiger partial charge in [0.2, 0.25) is 0 Å². The Hall–Kier alpha value is -3.52. The Bertz CT molecular complexity index is 1570. The predicted molar refractivity (Wildman–Crippen MR) is 173 cm³/mol. The van der Waals surface area contributed by atoms with Crippen LogP contribution in [0.2, 0.25) is 5.02 Å². The maximum absolute atomic E-state index is 12.9. The van der Waals surface area contributed by atoms with Gasteiger partial charge in [0, 0.05) is 15.2 Å². The van der Waals surface area contributed by atoms with Crippen molar-refractivity contribution in [1.82, 2.24) is 0 Å². The second-order valence-corrected chi connectivity index (χ2v) is 11.3. The summed E-state index contributed by atoms with van der Waals surface area (Å²) in [7, 11) is 0. The molecular weight excluding hydrogens is 719 g/mol. The van der Waals surface area contributed by atoms with Gasteiger partial charge in [-0.15, -0.1) is 0 Å². The number of rotatable bonds is 11. The minimum atomic E-state index is -0.521. The molecule has 0 bridgehead atoms. The number of carbonyl (C=O) groups excluding carboxylic acids is 1. The third-order valence-corrected chi connectivity index (χ3v) is 7.32. The molecule has 0 spiro atoms. The van der Waals surface area contributed by atoms with E-state index in [1.54, 1.807) is 30.3 Å². The standard InChI is InChI=1S/C32H25BrClIN2O4/c1-2-39-30-17-23(16-29(35)31(30)41-20-22-5-9-26(34)10-6-22)15-24(18-36)32(38)37-27-11-13-28(14-12-27)40-19-21-3-7-25(33)8-4-21/h3-17H,2,19-20H2,1H3,(H,37,38)/b24-15+. The van der Waals surface area contributed by atoms with E-state index in [-0.39, 0.29) is 5.57 Å². The molecule has 0 radical (unpaired) electrons. The first-order valence-electron chi connectivity index (χ1n) is 12.6. The lowest BCUT2D eigenvalue weighted by atomic mass is 10.1. The molecule has 0 aliphatic carbocycles. The van der Waals surface area contributed by atoms with Crippen LogP contribution in [0.25, 0.3) is 6.08 Å². The van der Waals surface area contributed by atoms with Crippen molar-refractivity contribution in [1.29, 1.82) is 5.26 Å². The number of anilines is 1. The number of halogens is 3. The van der Waals surface area contributed by atoms with Crippen molar-refractivity contribution in [3.05, 3.63) is 120 Å². The van der Waals surface area contributed by atoms with Gasteiger partial charge in [0.1, 0.15) is 30.6 Å². The summed E-state index contributed by atoms with van der Waals surface area (Å²) in [5.41, 5.74) is 3.14. The van der Waals surface area contributed by atoms with E-state index in [0.717, 1.165) is 19.2 Å². The van der Waals surface area contributed by atoms with Crippen molar-refractivity contribution >= 4 is 67.8 Å². The first-order chi connectivity index (χ1) is 19.8. The summed E-state index contributed by atoms with van der Waals surface area (Å²) in [4.78, 5) is 12.9. The SMILES string of the molecule is CCOc1cc(/C=C(\C#N)C(=O)Nc2ccc(OCc3ccc(Br)cc3)cc2)cc(I)c1OCc1ccc(Cl)cc1. The van der Waals surface area contributed by atoms with Crippen molar-refractivity contribution < 1.29 is 19.0 Å². The third kappa shape index (κ3) is 8.98. The molecule has 1 amide bonds. The second kappa shape index (κ2) is 14.9. The molecule has 6 nitrogen and oxygen atoms in total. The molecule has 208 valence electrons. The number of benzene rings is 4. The van der Waals surface area contributed by atoms with Crippen molar-refractivity contribution in [2.45, 2.75) is 20.1 Å². The first kappa shape index (κ1) is 30.4. The average Bonchev–Trinajstić information content (AvgIpc) is 2.97. The van der Waals surface area contributed by atoms with Gasteiger partial charge < -0.3 is 19.5 Å². The summed E-state index contributed by atoms with van der Waals surface area (Å²) in [5, 5.41) is 13.2. The Kier molecular flexibility index (Phi) is 11.1. The molecule has 0 fully saturated rings. The number of hydrogen-bond donors (Lipinski definition) is 1. The summed E-state index contributed by atoms with van der Waals surface area (Å²) in [6, 6.07) is 27.9. The number of hydrogen-bond acceptors (Lipinski definition) is 5. The maximum Gasteiger partial charge on any atom is 0.266 e. The molecule has 0 aliphatic heterocycles. The van der Waals surface area contributed by atoms with Crippen LogP contribution in [0.4, 0.5) is 5.69 Å². The Morgan fingerprint density at radius 3 is 2.22 bits per heavy atom. The molecule has 4 aromatic rings. The van der Waals surface area contributed by atoms with Crippen LogP contribution in [0, 0.1) is 14.9 Å². The highest BCUT2D eigenvalue weighted by Gasteiger charge is 2.15. The minimum Gasteiger partial charge on any atom is -0.490 e. The van der Waals surface area contributed by atoms with E-state index in [1.807, 2.05) is 67.6 Å². The largest absolute Gasteiger partial charge is 0.490 e. The monoisotopic (exact) mass is 742 g/mol. The van der Waals surface area contributed by atoms with Gasteiger partial charge in [-0.25, -0.2) is 0 Å². The average molecular weight is 744 g/mol. The van der Waals surface area contributed by atoms with Crippen molar-refractivity contribution in [2.24, 2.45) is 0 Å². The topological polar surface area (TPSA) is 80.6 Å². The molecule has 0 saturated carbocycles. The zero-order valence-electron chi connectivity index (χ0n) is 22.0. The third-order valence-electron chi connectivity index (χ3n) is 5.74. The van der Waals surface area contributed by atoms with Gasteiger partial charge in [-0.2, -0.15) is 5.26 Å². The highest BCUT2D eigenvalue weighted by atomic mass is 127. The number of ether oxygens (including phenoxy) is 3. The van der Waals surface area contributed by atoms with Gasteiger partial charge in [0.25, 0.3) is 5.91 Å². The number of nitriles is 1. The van der Waals surface area contributed by atoms with Crippen LogP contribution in [0.15, 0.2) is 95.0 Å². The van der Waals surface area contributed by atoms with Crippen LogP contribution in [0.3, 0.4) is 0 Å². The van der Waals surface area contributed by atoms with Gasteiger partial charge >= 0.3 is 0 Å². The van der Waals surface area contributed by atoms with E-state index in [4.69, 9.17) is 25.8 Å². The summed E-state index contributed by atoms with van der Waals surface area (Å²) >= 11 is 11.5. The Morgan fingerprint density at radius 1 is 0.951 bits per heavy atom. The maximum atomic E-state index is 12.9. The molecule has 4 aromatic carbocycles. The zero-order chi connectivity index (χ0) is 29.2. The molecule has 0 aromatic heterocycles. The second-order valence-electron chi connectivity index (χ2n) is 8.74. The van der Waals surface area contributed by atoms with Crippen molar-refractivity contribution in [2.75, 3.05) is 11.9 Å². The fraction of sp³-hybridized carbons (Fsp3) is 0.125. The minimum absolute atomic E-state index is 0.0475. The lowest BCUT2D eigenvalue weighted by Gasteiger charge is -2.15. The first-order valence-corrected chi connectivity index (χ1v) is 14.8. The smallest absolute Gasteiger partial charge is 0.266 e.